The van der Waals surface area contributed by atoms with Gasteiger partial charge in [-0.05, 0) is 24.1 Å². The van der Waals surface area contributed by atoms with Gasteiger partial charge in [-0.3, -0.25) is 0 Å². The highest BCUT2D eigenvalue weighted by atomic mass is 32.1. The molecule has 1 heterocycles. The van der Waals surface area contributed by atoms with Crippen molar-refractivity contribution in [2.24, 2.45) is 0 Å². The zero-order valence-corrected chi connectivity index (χ0v) is 11.7. The molecule has 0 unspecified atom stereocenters. The van der Waals surface area contributed by atoms with Crippen LogP contribution in [0.5, 0.6) is 0 Å². The molecule has 0 aliphatic heterocycles. The summed E-state index contributed by atoms with van der Waals surface area (Å²) in [7, 11) is 0. The molecule has 100 valence electrons. The van der Waals surface area contributed by atoms with E-state index in [2.05, 4.69) is 28.5 Å². The van der Waals surface area contributed by atoms with E-state index in [1.165, 1.54) is 29.2 Å². The van der Waals surface area contributed by atoms with Gasteiger partial charge in [-0.2, -0.15) is 4.37 Å². The molecule has 1 fully saturated rings. The van der Waals surface area contributed by atoms with E-state index in [0.29, 0.717) is 17.9 Å². The molecule has 0 spiro atoms. The number of halogens is 1. The monoisotopic (exact) mass is 277 g/mol. The average Bonchev–Trinajstić information content (AvgIpc) is 2.97. The van der Waals surface area contributed by atoms with E-state index >= 15 is 0 Å². The maximum Gasteiger partial charge on any atom is 0.202 e. The highest BCUT2D eigenvalue weighted by molar-refractivity contribution is 7.09. The van der Waals surface area contributed by atoms with Gasteiger partial charge < -0.3 is 5.32 Å². The first kappa shape index (κ1) is 12.5. The van der Waals surface area contributed by atoms with E-state index in [4.69, 9.17) is 0 Å². The van der Waals surface area contributed by atoms with Crippen LogP contribution >= 0.6 is 11.5 Å². The first-order chi connectivity index (χ1) is 9.13. The third-order valence-electron chi connectivity index (χ3n) is 3.36. The summed E-state index contributed by atoms with van der Waals surface area (Å²) in [6.45, 7) is 4.18. The first-order valence-corrected chi connectivity index (χ1v) is 7.26. The van der Waals surface area contributed by atoms with Crippen molar-refractivity contribution in [2.75, 3.05) is 5.32 Å². The van der Waals surface area contributed by atoms with Crippen molar-refractivity contribution in [1.82, 2.24) is 9.36 Å². The molecule has 1 aliphatic carbocycles. The second-order valence-electron chi connectivity index (χ2n) is 5.26. The predicted molar refractivity (Wildman–Crippen MR) is 75.2 cm³/mol. The normalized spacial score (nSPS) is 21.7. The molecule has 1 aliphatic rings. The zero-order valence-electron chi connectivity index (χ0n) is 10.9. The molecule has 0 amide bonds. The Hall–Kier alpha value is -1.49. The van der Waals surface area contributed by atoms with E-state index in [0.717, 1.165) is 17.4 Å². The lowest BCUT2D eigenvalue weighted by atomic mass is 10.1. The Morgan fingerprint density at radius 2 is 2.05 bits per heavy atom. The number of anilines is 1. The molecule has 5 heteroatoms. The summed E-state index contributed by atoms with van der Waals surface area (Å²) in [6, 6.07) is 7.17. The lowest BCUT2D eigenvalue weighted by molar-refractivity contribution is 0.627. The van der Waals surface area contributed by atoms with Gasteiger partial charge in [-0.1, -0.05) is 26.0 Å². The third-order valence-corrected chi connectivity index (χ3v) is 4.02. The van der Waals surface area contributed by atoms with Crippen LogP contribution in [0.4, 0.5) is 9.52 Å². The SMILES string of the molecule is CC(C)c1nsc(N[C@@H]2C[C@H]2c2ccc(F)cc2)n1. The number of hydrogen-bond acceptors (Lipinski definition) is 4. The van der Waals surface area contributed by atoms with Gasteiger partial charge in [0.2, 0.25) is 5.13 Å². The Morgan fingerprint density at radius 1 is 1.32 bits per heavy atom. The molecule has 3 rings (SSSR count). The van der Waals surface area contributed by atoms with Crippen molar-refractivity contribution in [2.45, 2.75) is 38.1 Å². The van der Waals surface area contributed by atoms with Crippen LogP contribution in [0, 0.1) is 5.82 Å². The minimum absolute atomic E-state index is 0.181. The van der Waals surface area contributed by atoms with Gasteiger partial charge in [-0.25, -0.2) is 9.37 Å². The van der Waals surface area contributed by atoms with Gasteiger partial charge in [0.25, 0.3) is 0 Å². The van der Waals surface area contributed by atoms with E-state index in [1.54, 1.807) is 0 Å². The Kier molecular flexibility index (Phi) is 3.22. The topological polar surface area (TPSA) is 37.8 Å². The molecule has 0 radical (unpaired) electrons. The maximum absolute atomic E-state index is 12.9. The summed E-state index contributed by atoms with van der Waals surface area (Å²) in [6.07, 6.45) is 1.07. The standard InChI is InChI=1S/C14H16FN3S/c1-8(2)13-17-14(19-18-13)16-12-7-11(12)9-3-5-10(15)6-4-9/h3-6,8,11-12H,7H2,1-2H3,(H,16,17,18)/t11-,12+/m0/s1. The molecule has 0 bridgehead atoms. The summed E-state index contributed by atoms with van der Waals surface area (Å²) >= 11 is 1.41. The molecule has 1 aromatic carbocycles. The van der Waals surface area contributed by atoms with E-state index < -0.39 is 0 Å². The third kappa shape index (κ3) is 2.76. The highest BCUT2D eigenvalue weighted by Gasteiger charge is 2.38. The number of hydrogen-bond donors (Lipinski definition) is 1. The number of nitrogens with zero attached hydrogens (tertiary/aromatic N) is 2. The van der Waals surface area contributed by atoms with E-state index in [-0.39, 0.29) is 5.82 Å². The molecule has 1 aromatic heterocycles. The molecular formula is C14H16FN3S. The van der Waals surface area contributed by atoms with Crippen LogP contribution in [-0.4, -0.2) is 15.4 Å². The average molecular weight is 277 g/mol. The molecular weight excluding hydrogens is 261 g/mol. The van der Waals surface area contributed by atoms with Crippen LogP contribution in [0.2, 0.25) is 0 Å². The van der Waals surface area contributed by atoms with E-state index in [9.17, 15) is 4.39 Å². The minimum atomic E-state index is -0.181. The lowest BCUT2D eigenvalue weighted by Gasteiger charge is -2.02. The smallest absolute Gasteiger partial charge is 0.202 e. The van der Waals surface area contributed by atoms with E-state index in [1.807, 2.05) is 12.1 Å². The number of aromatic nitrogens is 2. The fourth-order valence-corrected chi connectivity index (χ4v) is 2.89. The van der Waals surface area contributed by atoms with Gasteiger partial charge in [-0.15, -0.1) is 0 Å². The Bertz CT molecular complexity index is 564. The van der Waals surface area contributed by atoms with Gasteiger partial charge >= 0.3 is 0 Å². The first-order valence-electron chi connectivity index (χ1n) is 6.49. The van der Waals surface area contributed by atoms with Crippen molar-refractivity contribution >= 4 is 16.7 Å². The summed E-state index contributed by atoms with van der Waals surface area (Å²) in [5.74, 6) is 1.54. The summed E-state index contributed by atoms with van der Waals surface area (Å²) in [4.78, 5) is 4.47. The van der Waals surface area contributed by atoms with Crippen LogP contribution in [0.1, 0.15) is 43.5 Å². The molecule has 2 atom stereocenters. The van der Waals surface area contributed by atoms with Crippen LogP contribution in [0.3, 0.4) is 0 Å². The van der Waals surface area contributed by atoms with Gasteiger partial charge in [0.1, 0.15) is 11.6 Å². The summed E-state index contributed by atoms with van der Waals surface area (Å²) < 4.78 is 17.2. The fraction of sp³-hybridized carbons (Fsp3) is 0.429. The van der Waals surface area contributed by atoms with Crippen molar-refractivity contribution in [3.05, 3.63) is 41.5 Å². The predicted octanol–water partition coefficient (Wildman–Crippen LogP) is 3.77. The van der Waals surface area contributed by atoms with Crippen LogP contribution in [-0.2, 0) is 0 Å². The second kappa shape index (κ2) is 4.89. The van der Waals surface area contributed by atoms with Crippen LogP contribution in [0.15, 0.2) is 24.3 Å². The Balaban J connectivity index is 1.62. The number of benzene rings is 1. The molecule has 19 heavy (non-hydrogen) atoms. The van der Waals surface area contributed by atoms with Crippen LogP contribution in [0.25, 0.3) is 0 Å². The molecule has 1 saturated carbocycles. The van der Waals surface area contributed by atoms with Crippen molar-refractivity contribution in [1.29, 1.82) is 0 Å². The number of nitrogens with one attached hydrogen (secondary N) is 1. The molecule has 3 nitrogen and oxygen atoms in total. The molecule has 2 aromatic rings. The quantitative estimate of drug-likeness (QED) is 0.924. The van der Waals surface area contributed by atoms with Gasteiger partial charge in [0.15, 0.2) is 0 Å². The highest BCUT2D eigenvalue weighted by Crippen LogP contribution is 2.43. The largest absolute Gasteiger partial charge is 0.357 e. The summed E-state index contributed by atoms with van der Waals surface area (Å²) in [5, 5.41) is 4.29. The second-order valence-corrected chi connectivity index (χ2v) is 6.01. The molecule has 0 saturated heterocycles. The van der Waals surface area contributed by atoms with Gasteiger partial charge in [0, 0.05) is 29.4 Å². The lowest BCUT2D eigenvalue weighted by Crippen LogP contribution is -2.04. The zero-order chi connectivity index (χ0) is 13.4. The van der Waals surface area contributed by atoms with Crippen molar-refractivity contribution < 1.29 is 4.39 Å². The number of rotatable bonds is 4. The fourth-order valence-electron chi connectivity index (χ4n) is 2.12. The van der Waals surface area contributed by atoms with Gasteiger partial charge in [0.05, 0.1) is 0 Å². The maximum atomic E-state index is 12.9. The summed E-state index contributed by atoms with van der Waals surface area (Å²) in [5.41, 5.74) is 1.19. The van der Waals surface area contributed by atoms with Crippen LogP contribution < -0.4 is 5.32 Å². The van der Waals surface area contributed by atoms with Crippen molar-refractivity contribution in [3.8, 4) is 0 Å². The molecule has 1 N–H and O–H groups in total. The Labute approximate surface area is 116 Å². The van der Waals surface area contributed by atoms with Crippen molar-refractivity contribution in [3.63, 3.8) is 0 Å². The Morgan fingerprint density at radius 3 is 2.68 bits per heavy atom. The minimum Gasteiger partial charge on any atom is -0.357 e.